The summed E-state index contributed by atoms with van der Waals surface area (Å²) in [5.74, 6) is 0.879. The van der Waals surface area contributed by atoms with Crippen molar-refractivity contribution >= 4 is 17.5 Å². The van der Waals surface area contributed by atoms with Crippen molar-refractivity contribution in [2.45, 2.75) is 25.7 Å². The van der Waals surface area contributed by atoms with Crippen molar-refractivity contribution in [3.05, 3.63) is 28.9 Å². The summed E-state index contributed by atoms with van der Waals surface area (Å²) in [7, 11) is 0. The summed E-state index contributed by atoms with van der Waals surface area (Å²) in [5.41, 5.74) is 7.97. The van der Waals surface area contributed by atoms with Gasteiger partial charge >= 0.3 is 0 Å². The maximum absolute atomic E-state index is 5.89. The zero-order valence-corrected chi connectivity index (χ0v) is 9.98. The first-order valence-electron chi connectivity index (χ1n) is 5.59. The van der Waals surface area contributed by atoms with E-state index in [2.05, 4.69) is 15.0 Å². The molecule has 0 aromatic carbocycles. The van der Waals surface area contributed by atoms with E-state index >= 15 is 0 Å². The number of imidazole rings is 1. The van der Waals surface area contributed by atoms with Crippen LogP contribution >= 0.6 is 11.6 Å². The van der Waals surface area contributed by atoms with E-state index in [0.717, 1.165) is 18.5 Å². The number of nitrogens with two attached hydrogens (primary N) is 1. The van der Waals surface area contributed by atoms with Gasteiger partial charge in [0.05, 0.1) is 5.69 Å². The highest BCUT2D eigenvalue weighted by molar-refractivity contribution is 6.29. The van der Waals surface area contributed by atoms with Gasteiger partial charge in [-0.15, -0.1) is 0 Å². The van der Waals surface area contributed by atoms with Crippen LogP contribution < -0.4 is 5.73 Å². The molecule has 0 unspecified atom stereocenters. The second kappa shape index (κ2) is 4.00. The molecule has 0 bridgehead atoms. The lowest BCUT2D eigenvalue weighted by Crippen LogP contribution is -2.09. The van der Waals surface area contributed by atoms with E-state index in [1.165, 1.54) is 18.5 Å². The van der Waals surface area contributed by atoms with Gasteiger partial charge in [-0.2, -0.15) is 4.98 Å². The van der Waals surface area contributed by atoms with Gasteiger partial charge in [-0.3, -0.25) is 4.57 Å². The molecule has 3 rings (SSSR count). The number of aromatic nitrogens is 4. The predicted molar refractivity (Wildman–Crippen MR) is 65.2 cm³/mol. The molecule has 0 saturated carbocycles. The second-order valence-corrected chi connectivity index (χ2v) is 4.51. The highest BCUT2D eigenvalue weighted by Gasteiger charge is 2.17. The lowest BCUT2D eigenvalue weighted by atomic mass is 10.0. The molecule has 17 heavy (non-hydrogen) atoms. The van der Waals surface area contributed by atoms with Crippen LogP contribution in [0.2, 0.25) is 5.15 Å². The first-order chi connectivity index (χ1) is 8.24. The fourth-order valence-corrected chi connectivity index (χ4v) is 2.40. The molecule has 0 fully saturated rings. The van der Waals surface area contributed by atoms with Crippen LogP contribution in [0.4, 0.5) is 5.95 Å². The van der Waals surface area contributed by atoms with Gasteiger partial charge in [0.25, 0.3) is 0 Å². The highest BCUT2D eigenvalue weighted by atomic mass is 35.5. The normalized spacial score (nSPS) is 14.6. The fourth-order valence-electron chi connectivity index (χ4n) is 2.21. The molecule has 0 atom stereocenters. The quantitative estimate of drug-likeness (QED) is 0.782. The van der Waals surface area contributed by atoms with Crippen LogP contribution in [0.25, 0.3) is 5.82 Å². The van der Waals surface area contributed by atoms with E-state index < -0.39 is 0 Å². The molecule has 5 nitrogen and oxygen atoms in total. The summed E-state index contributed by atoms with van der Waals surface area (Å²) < 4.78 is 1.96. The topological polar surface area (TPSA) is 69.6 Å². The zero-order chi connectivity index (χ0) is 11.8. The second-order valence-electron chi connectivity index (χ2n) is 4.12. The number of anilines is 1. The van der Waals surface area contributed by atoms with Crippen LogP contribution in [0.1, 0.15) is 24.2 Å². The first-order valence-corrected chi connectivity index (χ1v) is 5.97. The number of aryl methyl sites for hydroxylation is 1. The third-order valence-corrected chi connectivity index (χ3v) is 3.17. The van der Waals surface area contributed by atoms with E-state index in [0.29, 0.717) is 11.0 Å². The zero-order valence-electron chi connectivity index (χ0n) is 9.23. The molecular weight excluding hydrogens is 238 g/mol. The van der Waals surface area contributed by atoms with Crippen LogP contribution in [0.5, 0.6) is 0 Å². The van der Waals surface area contributed by atoms with Crippen LogP contribution in [-0.4, -0.2) is 19.5 Å². The van der Waals surface area contributed by atoms with Crippen LogP contribution in [-0.2, 0) is 12.8 Å². The summed E-state index contributed by atoms with van der Waals surface area (Å²) in [6, 6.07) is 1.70. The Morgan fingerprint density at radius 1 is 1.24 bits per heavy atom. The number of nitrogens with zero attached hydrogens (tertiary/aromatic N) is 4. The number of rotatable bonds is 1. The number of halogens is 1. The lowest BCUT2D eigenvalue weighted by molar-refractivity contribution is 0.654. The Bertz CT molecular complexity index is 543. The Balaban J connectivity index is 2.11. The molecule has 2 heterocycles. The molecule has 0 aliphatic heterocycles. The van der Waals surface area contributed by atoms with Gasteiger partial charge in [-0.1, -0.05) is 11.6 Å². The summed E-state index contributed by atoms with van der Waals surface area (Å²) in [6.45, 7) is 0. The van der Waals surface area contributed by atoms with Gasteiger partial charge < -0.3 is 5.73 Å². The van der Waals surface area contributed by atoms with E-state index in [1.54, 1.807) is 12.4 Å². The molecule has 0 spiro atoms. The maximum atomic E-state index is 5.89. The van der Waals surface area contributed by atoms with E-state index in [9.17, 15) is 0 Å². The standard InChI is InChI=1S/C11H12ClN5/c12-9-5-10(16-11(13)15-9)17-6-14-7-3-1-2-4-8(7)17/h5-6H,1-4H2,(H2,13,15,16). The molecule has 1 aliphatic rings. The predicted octanol–water partition coefficient (Wildman–Crippen LogP) is 1.78. The number of nitrogen functional groups attached to an aromatic ring is 1. The molecule has 0 amide bonds. The van der Waals surface area contributed by atoms with Crippen molar-refractivity contribution in [2.75, 3.05) is 5.73 Å². The SMILES string of the molecule is Nc1nc(Cl)cc(-n2cnc3c2CCCC3)n1. The van der Waals surface area contributed by atoms with Crippen LogP contribution in [0.15, 0.2) is 12.4 Å². The van der Waals surface area contributed by atoms with Gasteiger partial charge in [0, 0.05) is 11.8 Å². The van der Waals surface area contributed by atoms with Crippen LogP contribution in [0.3, 0.4) is 0 Å². The number of fused-ring (bicyclic) bond motifs is 1. The van der Waals surface area contributed by atoms with Crippen molar-refractivity contribution in [3.63, 3.8) is 0 Å². The Morgan fingerprint density at radius 2 is 2.06 bits per heavy atom. The summed E-state index contributed by atoms with van der Waals surface area (Å²) in [6.07, 6.45) is 6.24. The van der Waals surface area contributed by atoms with Crippen molar-refractivity contribution in [1.82, 2.24) is 19.5 Å². The van der Waals surface area contributed by atoms with Gasteiger partial charge in [-0.05, 0) is 25.7 Å². The molecule has 2 aromatic rings. The Kier molecular flexibility index (Phi) is 2.48. The van der Waals surface area contributed by atoms with Gasteiger partial charge in [0.1, 0.15) is 17.3 Å². The smallest absolute Gasteiger partial charge is 0.223 e. The number of hydrogen-bond acceptors (Lipinski definition) is 4. The summed E-state index contributed by atoms with van der Waals surface area (Å²) in [5, 5.41) is 0.353. The molecule has 2 N–H and O–H groups in total. The van der Waals surface area contributed by atoms with E-state index in [-0.39, 0.29) is 5.95 Å². The third kappa shape index (κ3) is 1.86. The van der Waals surface area contributed by atoms with Crippen molar-refractivity contribution in [1.29, 1.82) is 0 Å². The minimum Gasteiger partial charge on any atom is -0.368 e. The molecule has 2 aromatic heterocycles. The lowest BCUT2D eigenvalue weighted by Gasteiger charge is -2.13. The molecule has 6 heteroatoms. The van der Waals surface area contributed by atoms with Crippen molar-refractivity contribution in [2.24, 2.45) is 0 Å². The fraction of sp³-hybridized carbons (Fsp3) is 0.364. The average Bonchev–Trinajstić information content (AvgIpc) is 2.71. The van der Waals surface area contributed by atoms with Crippen LogP contribution in [0, 0.1) is 0 Å². The third-order valence-electron chi connectivity index (χ3n) is 2.98. The number of hydrogen-bond donors (Lipinski definition) is 1. The monoisotopic (exact) mass is 249 g/mol. The molecule has 1 aliphatic carbocycles. The first kappa shape index (κ1) is 10.5. The van der Waals surface area contributed by atoms with Crippen molar-refractivity contribution < 1.29 is 0 Å². The van der Waals surface area contributed by atoms with Gasteiger partial charge in [0.2, 0.25) is 5.95 Å². The van der Waals surface area contributed by atoms with Gasteiger partial charge in [0.15, 0.2) is 0 Å². The van der Waals surface area contributed by atoms with Gasteiger partial charge in [-0.25, -0.2) is 9.97 Å². The minimum absolute atomic E-state index is 0.186. The Hall–Kier alpha value is -1.62. The van der Waals surface area contributed by atoms with E-state index in [1.807, 2.05) is 4.57 Å². The highest BCUT2D eigenvalue weighted by Crippen LogP contribution is 2.23. The molecule has 0 radical (unpaired) electrons. The molecular formula is C11H12ClN5. The van der Waals surface area contributed by atoms with Crippen molar-refractivity contribution in [3.8, 4) is 5.82 Å². The Labute approximate surface area is 104 Å². The Morgan fingerprint density at radius 3 is 2.88 bits per heavy atom. The molecule has 0 saturated heterocycles. The molecule has 88 valence electrons. The maximum Gasteiger partial charge on any atom is 0.223 e. The largest absolute Gasteiger partial charge is 0.368 e. The summed E-state index contributed by atoms with van der Waals surface area (Å²) >= 11 is 5.89. The van der Waals surface area contributed by atoms with E-state index in [4.69, 9.17) is 17.3 Å². The summed E-state index contributed by atoms with van der Waals surface area (Å²) in [4.78, 5) is 12.5. The minimum atomic E-state index is 0.186. The average molecular weight is 250 g/mol.